The van der Waals surface area contributed by atoms with Gasteiger partial charge in [0.15, 0.2) is 0 Å². The number of nitrogens with one attached hydrogen (secondary N) is 2. The molecule has 0 radical (unpaired) electrons. The number of H-pyrrole nitrogens is 1. The van der Waals surface area contributed by atoms with Gasteiger partial charge in [-0.3, -0.25) is 4.79 Å². The minimum Gasteiger partial charge on any atom is -0.467 e. The Morgan fingerprint density at radius 1 is 1.18 bits per heavy atom. The van der Waals surface area contributed by atoms with E-state index in [1.807, 2.05) is 24.3 Å². The maximum Gasteiger partial charge on any atom is 0.331 e. The fourth-order valence-electron chi connectivity index (χ4n) is 3.21. The summed E-state index contributed by atoms with van der Waals surface area (Å²) in [5, 5.41) is 3.89. The first-order valence-corrected chi connectivity index (χ1v) is 7.63. The highest BCUT2D eigenvalue weighted by atomic mass is 16.5. The highest BCUT2D eigenvalue weighted by molar-refractivity contribution is 6.00. The topological polar surface area (TPSA) is 71.2 Å². The first-order chi connectivity index (χ1) is 10.6. The second-order valence-electron chi connectivity index (χ2n) is 5.86. The Morgan fingerprint density at radius 2 is 1.91 bits per heavy atom. The van der Waals surface area contributed by atoms with Crippen LogP contribution in [0.4, 0.5) is 0 Å². The van der Waals surface area contributed by atoms with Crippen LogP contribution in [0.5, 0.6) is 0 Å². The number of para-hydroxylation sites is 1. The minimum atomic E-state index is -0.888. The van der Waals surface area contributed by atoms with Crippen molar-refractivity contribution in [2.45, 2.75) is 37.6 Å². The van der Waals surface area contributed by atoms with Gasteiger partial charge >= 0.3 is 5.97 Å². The van der Waals surface area contributed by atoms with Gasteiger partial charge in [-0.2, -0.15) is 0 Å². The van der Waals surface area contributed by atoms with Crippen LogP contribution in [0.3, 0.4) is 0 Å². The Morgan fingerprint density at radius 3 is 2.59 bits per heavy atom. The molecule has 0 unspecified atom stereocenters. The second kappa shape index (κ2) is 5.83. The van der Waals surface area contributed by atoms with Crippen molar-refractivity contribution in [3.8, 4) is 0 Å². The molecule has 1 amide bonds. The zero-order valence-corrected chi connectivity index (χ0v) is 12.6. The van der Waals surface area contributed by atoms with Gasteiger partial charge in [-0.1, -0.05) is 37.5 Å². The molecule has 0 saturated heterocycles. The predicted molar refractivity (Wildman–Crippen MR) is 83.6 cm³/mol. The second-order valence-corrected chi connectivity index (χ2v) is 5.86. The van der Waals surface area contributed by atoms with Crippen molar-refractivity contribution in [3.05, 3.63) is 36.0 Å². The minimum absolute atomic E-state index is 0.261. The summed E-state index contributed by atoms with van der Waals surface area (Å²) in [5.41, 5.74) is 0.486. The first kappa shape index (κ1) is 14.6. The number of aromatic amines is 1. The van der Waals surface area contributed by atoms with Gasteiger partial charge in [0.05, 0.1) is 7.11 Å². The molecule has 2 aromatic rings. The van der Waals surface area contributed by atoms with Crippen LogP contribution in [-0.4, -0.2) is 29.5 Å². The number of hydrogen-bond donors (Lipinski definition) is 2. The number of esters is 1. The van der Waals surface area contributed by atoms with E-state index in [1.165, 1.54) is 7.11 Å². The van der Waals surface area contributed by atoms with E-state index < -0.39 is 5.54 Å². The van der Waals surface area contributed by atoms with E-state index >= 15 is 0 Å². The van der Waals surface area contributed by atoms with E-state index in [4.69, 9.17) is 4.74 Å². The predicted octanol–water partition coefficient (Wildman–Crippen LogP) is 2.77. The van der Waals surface area contributed by atoms with E-state index in [9.17, 15) is 9.59 Å². The monoisotopic (exact) mass is 300 g/mol. The fraction of sp³-hybridized carbons (Fsp3) is 0.412. The lowest BCUT2D eigenvalue weighted by Gasteiger charge is -2.35. The number of carbonyl (C=O) groups excluding carboxylic acids is 2. The molecular weight excluding hydrogens is 280 g/mol. The first-order valence-electron chi connectivity index (χ1n) is 7.63. The van der Waals surface area contributed by atoms with Crippen LogP contribution >= 0.6 is 0 Å². The maximum atomic E-state index is 12.6. The largest absolute Gasteiger partial charge is 0.467 e. The molecule has 116 valence electrons. The van der Waals surface area contributed by atoms with Gasteiger partial charge in [0, 0.05) is 10.9 Å². The molecule has 1 heterocycles. The van der Waals surface area contributed by atoms with Gasteiger partial charge in [0.1, 0.15) is 11.2 Å². The molecule has 1 aliphatic rings. The van der Waals surface area contributed by atoms with E-state index in [0.717, 1.165) is 30.2 Å². The molecule has 1 aromatic carbocycles. The summed E-state index contributed by atoms with van der Waals surface area (Å²) in [5.74, 6) is -0.611. The van der Waals surface area contributed by atoms with Crippen LogP contribution in [0.25, 0.3) is 10.9 Å². The zero-order chi connectivity index (χ0) is 15.6. The molecule has 0 atom stereocenters. The third-order valence-corrected chi connectivity index (χ3v) is 4.41. The van der Waals surface area contributed by atoms with Crippen LogP contribution in [0.1, 0.15) is 42.6 Å². The van der Waals surface area contributed by atoms with Crippen molar-refractivity contribution in [2.24, 2.45) is 0 Å². The van der Waals surface area contributed by atoms with Gasteiger partial charge in [-0.15, -0.1) is 0 Å². The molecule has 1 saturated carbocycles. The molecule has 3 rings (SSSR count). The van der Waals surface area contributed by atoms with Crippen LogP contribution in [0, 0.1) is 0 Å². The Kier molecular flexibility index (Phi) is 3.88. The van der Waals surface area contributed by atoms with Gasteiger partial charge in [0.2, 0.25) is 0 Å². The molecule has 0 aliphatic heterocycles. The summed E-state index contributed by atoms with van der Waals surface area (Å²) in [7, 11) is 1.37. The number of aromatic nitrogens is 1. The lowest BCUT2D eigenvalue weighted by Crippen LogP contribution is -2.56. The van der Waals surface area contributed by atoms with Crippen molar-refractivity contribution in [1.29, 1.82) is 0 Å². The third-order valence-electron chi connectivity index (χ3n) is 4.41. The summed E-state index contributed by atoms with van der Waals surface area (Å²) in [6, 6.07) is 9.51. The highest BCUT2D eigenvalue weighted by Crippen LogP contribution is 2.30. The number of methoxy groups -OCH3 is 1. The van der Waals surface area contributed by atoms with E-state index in [0.29, 0.717) is 18.5 Å². The molecule has 2 N–H and O–H groups in total. The Hall–Kier alpha value is -2.30. The van der Waals surface area contributed by atoms with Gasteiger partial charge in [-0.25, -0.2) is 4.79 Å². The number of amides is 1. The van der Waals surface area contributed by atoms with E-state index in [1.54, 1.807) is 6.07 Å². The molecule has 0 spiro atoms. The van der Waals surface area contributed by atoms with Crippen LogP contribution in [0.15, 0.2) is 30.3 Å². The van der Waals surface area contributed by atoms with Crippen molar-refractivity contribution < 1.29 is 14.3 Å². The molecule has 0 bridgehead atoms. The number of hydrogen-bond acceptors (Lipinski definition) is 3. The van der Waals surface area contributed by atoms with Gasteiger partial charge < -0.3 is 15.0 Å². The van der Waals surface area contributed by atoms with Crippen molar-refractivity contribution in [1.82, 2.24) is 10.3 Å². The van der Waals surface area contributed by atoms with Crippen molar-refractivity contribution in [3.63, 3.8) is 0 Å². The summed E-state index contributed by atoms with van der Waals surface area (Å²) in [6.45, 7) is 0. The van der Waals surface area contributed by atoms with Crippen molar-refractivity contribution >= 4 is 22.8 Å². The number of fused-ring (bicyclic) bond motifs is 1. The summed E-state index contributed by atoms with van der Waals surface area (Å²) < 4.78 is 4.92. The van der Waals surface area contributed by atoms with E-state index in [-0.39, 0.29) is 11.9 Å². The molecule has 22 heavy (non-hydrogen) atoms. The average Bonchev–Trinajstić information content (AvgIpc) is 2.99. The fourth-order valence-corrected chi connectivity index (χ4v) is 3.21. The summed E-state index contributed by atoms with van der Waals surface area (Å²) in [6.07, 6.45) is 4.18. The molecule has 5 nitrogen and oxygen atoms in total. The molecule has 5 heteroatoms. The zero-order valence-electron chi connectivity index (χ0n) is 12.6. The molecule has 1 aromatic heterocycles. The van der Waals surface area contributed by atoms with Gasteiger partial charge in [0.25, 0.3) is 5.91 Å². The maximum absolute atomic E-state index is 12.6. The Labute approximate surface area is 129 Å². The average molecular weight is 300 g/mol. The van der Waals surface area contributed by atoms with E-state index in [2.05, 4.69) is 10.3 Å². The normalized spacial score (nSPS) is 17.1. The Balaban J connectivity index is 1.85. The quantitative estimate of drug-likeness (QED) is 0.856. The molecule has 1 aliphatic carbocycles. The smallest absolute Gasteiger partial charge is 0.331 e. The molecule has 1 fully saturated rings. The standard InChI is InChI=1S/C17H20N2O3/c1-22-16(21)17(9-5-2-6-10-17)19-15(20)14-11-12-7-3-4-8-13(12)18-14/h3-4,7-8,11,18H,2,5-6,9-10H2,1H3,(H,19,20). The summed E-state index contributed by atoms with van der Waals surface area (Å²) in [4.78, 5) is 27.8. The number of carbonyl (C=O) groups is 2. The van der Waals surface area contributed by atoms with Crippen LogP contribution in [0.2, 0.25) is 0 Å². The third kappa shape index (κ3) is 2.58. The number of ether oxygens (including phenoxy) is 1. The summed E-state index contributed by atoms with van der Waals surface area (Å²) >= 11 is 0. The number of benzene rings is 1. The number of rotatable bonds is 3. The SMILES string of the molecule is COC(=O)C1(NC(=O)c2cc3ccccc3[nH]2)CCCCC1. The lowest BCUT2D eigenvalue weighted by molar-refractivity contribution is -0.149. The molecular formula is C17H20N2O3. The van der Waals surface area contributed by atoms with Gasteiger partial charge in [-0.05, 0) is 25.0 Å². The lowest BCUT2D eigenvalue weighted by atomic mass is 9.81. The van der Waals surface area contributed by atoms with Crippen molar-refractivity contribution in [2.75, 3.05) is 7.11 Å². The Bertz CT molecular complexity index is 666. The van der Waals surface area contributed by atoms with Crippen LogP contribution in [-0.2, 0) is 9.53 Å². The van der Waals surface area contributed by atoms with Crippen LogP contribution < -0.4 is 5.32 Å². The highest BCUT2D eigenvalue weighted by Gasteiger charge is 2.42.